The van der Waals surface area contributed by atoms with Crippen LogP contribution >= 0.6 is 11.8 Å². The van der Waals surface area contributed by atoms with Crippen molar-refractivity contribution in [2.45, 2.75) is 34.3 Å². The Morgan fingerprint density at radius 2 is 1.40 bits per heavy atom. The molecule has 1 fully saturated rings. The molecule has 0 unspecified atom stereocenters. The summed E-state index contributed by atoms with van der Waals surface area (Å²) in [5.41, 5.74) is 7.02. The number of hydrogen-bond donors (Lipinski definition) is 0. The van der Waals surface area contributed by atoms with Crippen molar-refractivity contribution in [1.29, 1.82) is 0 Å². The van der Waals surface area contributed by atoms with Crippen LogP contribution < -0.4 is 14.4 Å². The van der Waals surface area contributed by atoms with Gasteiger partial charge < -0.3 is 9.47 Å². The first-order chi connectivity index (χ1) is 19.4. The quantitative estimate of drug-likeness (QED) is 0.208. The van der Waals surface area contributed by atoms with Crippen LogP contribution in [0.1, 0.15) is 34.7 Å². The number of amides is 1. The zero-order chi connectivity index (χ0) is 28.1. The molecule has 1 heterocycles. The highest BCUT2D eigenvalue weighted by Gasteiger charge is 2.34. The molecule has 4 aromatic rings. The smallest absolute Gasteiger partial charge is 0.271 e. The molecule has 0 N–H and O–H groups in total. The molecule has 6 heteroatoms. The van der Waals surface area contributed by atoms with E-state index >= 15 is 0 Å². The van der Waals surface area contributed by atoms with E-state index in [1.165, 1.54) is 17.3 Å². The van der Waals surface area contributed by atoms with E-state index < -0.39 is 0 Å². The van der Waals surface area contributed by atoms with Crippen molar-refractivity contribution in [2.24, 2.45) is 4.99 Å². The van der Waals surface area contributed by atoms with E-state index in [1.54, 1.807) is 4.90 Å². The first-order valence-electron chi connectivity index (χ1n) is 13.3. The van der Waals surface area contributed by atoms with Gasteiger partial charge >= 0.3 is 0 Å². The van der Waals surface area contributed by atoms with Crippen LogP contribution in [-0.4, -0.2) is 17.7 Å². The van der Waals surface area contributed by atoms with Crippen LogP contribution in [-0.2, 0) is 11.4 Å². The van der Waals surface area contributed by atoms with Gasteiger partial charge in [-0.15, -0.1) is 0 Å². The highest BCUT2D eigenvalue weighted by atomic mass is 32.2. The fourth-order valence-corrected chi connectivity index (χ4v) is 5.20. The van der Waals surface area contributed by atoms with Gasteiger partial charge in [0.2, 0.25) is 0 Å². The van der Waals surface area contributed by atoms with Gasteiger partial charge in [0, 0.05) is 0 Å². The largest absolute Gasteiger partial charge is 0.490 e. The third kappa shape index (κ3) is 6.46. The number of benzene rings is 4. The van der Waals surface area contributed by atoms with E-state index in [2.05, 4.69) is 31.2 Å². The van der Waals surface area contributed by atoms with Crippen molar-refractivity contribution in [2.75, 3.05) is 11.5 Å². The van der Waals surface area contributed by atoms with Crippen LogP contribution in [0.5, 0.6) is 11.5 Å². The first-order valence-corrected chi connectivity index (χ1v) is 14.1. The summed E-state index contributed by atoms with van der Waals surface area (Å²) in [6.07, 6.45) is 1.89. The molecule has 4 aromatic carbocycles. The predicted octanol–water partition coefficient (Wildman–Crippen LogP) is 8.40. The Bertz CT molecular complexity index is 1560. The average Bonchev–Trinajstić information content (AvgIpc) is 3.25. The van der Waals surface area contributed by atoms with Crippen molar-refractivity contribution in [3.8, 4) is 11.5 Å². The monoisotopic (exact) mass is 548 g/mol. The van der Waals surface area contributed by atoms with E-state index in [0.29, 0.717) is 34.8 Å². The van der Waals surface area contributed by atoms with E-state index in [9.17, 15) is 4.79 Å². The number of thioether (sulfide) groups is 1. The minimum absolute atomic E-state index is 0.114. The normalized spacial score (nSPS) is 15.2. The third-order valence-electron chi connectivity index (χ3n) is 6.44. The number of carbonyl (C=O) groups is 1. The number of anilines is 1. The average molecular weight is 549 g/mol. The first kappa shape index (κ1) is 27.3. The topological polar surface area (TPSA) is 51.1 Å². The standard InChI is InChI=1S/C34H32N2O3S/c1-5-38-31-20-27(14-19-30(31)39-22-26-12-6-23(2)7-13-26)21-32-33(37)36(29-17-10-25(4)11-18-29)34(40-32)35-28-15-8-24(3)9-16-28/h6-21H,5,22H2,1-4H3/b32-21-,35-34?. The van der Waals surface area contributed by atoms with Gasteiger partial charge in [-0.05, 0) is 93.1 Å². The van der Waals surface area contributed by atoms with E-state index in [0.717, 1.165) is 33.6 Å². The summed E-state index contributed by atoms with van der Waals surface area (Å²) in [5, 5.41) is 0.618. The number of amidine groups is 1. The number of rotatable bonds is 8. The lowest BCUT2D eigenvalue weighted by atomic mass is 10.1. The summed E-state index contributed by atoms with van der Waals surface area (Å²) in [4.78, 5) is 20.8. The molecule has 1 aliphatic heterocycles. The van der Waals surface area contributed by atoms with Crippen molar-refractivity contribution in [3.63, 3.8) is 0 Å². The SMILES string of the molecule is CCOc1cc(/C=C2\SC(=Nc3ccc(C)cc3)N(c3ccc(C)cc3)C2=O)ccc1OCc1ccc(C)cc1. The molecule has 1 aliphatic rings. The minimum atomic E-state index is -0.114. The Labute approximate surface area is 240 Å². The van der Waals surface area contributed by atoms with Crippen LogP contribution in [0, 0.1) is 20.8 Å². The van der Waals surface area contributed by atoms with Gasteiger partial charge in [-0.25, -0.2) is 4.99 Å². The second-order valence-corrected chi connectivity index (χ2v) is 10.7. The van der Waals surface area contributed by atoms with Gasteiger partial charge in [-0.1, -0.05) is 71.3 Å². The molecule has 0 saturated carbocycles. The molecule has 0 aliphatic carbocycles. The van der Waals surface area contributed by atoms with Crippen molar-refractivity contribution < 1.29 is 14.3 Å². The summed E-state index contributed by atoms with van der Waals surface area (Å²) >= 11 is 1.37. The zero-order valence-electron chi connectivity index (χ0n) is 23.2. The Morgan fingerprint density at radius 1 is 0.775 bits per heavy atom. The Kier molecular flexibility index (Phi) is 8.37. The van der Waals surface area contributed by atoms with Crippen LogP contribution in [0.2, 0.25) is 0 Å². The summed E-state index contributed by atoms with van der Waals surface area (Å²) < 4.78 is 12.0. The molecule has 0 atom stereocenters. The van der Waals surface area contributed by atoms with E-state index in [-0.39, 0.29) is 5.91 Å². The number of ether oxygens (including phenoxy) is 2. The van der Waals surface area contributed by atoms with E-state index in [4.69, 9.17) is 14.5 Å². The molecule has 5 rings (SSSR count). The molecular weight excluding hydrogens is 516 g/mol. The van der Waals surface area contributed by atoms with Gasteiger partial charge in [0.25, 0.3) is 5.91 Å². The molecule has 0 aromatic heterocycles. The predicted molar refractivity (Wildman–Crippen MR) is 166 cm³/mol. The second-order valence-electron chi connectivity index (χ2n) is 9.73. The molecule has 202 valence electrons. The summed E-state index contributed by atoms with van der Waals surface area (Å²) in [6, 6.07) is 29.9. The van der Waals surface area contributed by atoms with Crippen molar-refractivity contribution in [3.05, 3.63) is 124 Å². The van der Waals surface area contributed by atoms with Crippen LogP contribution in [0.15, 0.2) is 101 Å². The van der Waals surface area contributed by atoms with Gasteiger partial charge in [-0.2, -0.15) is 0 Å². The maximum atomic E-state index is 13.7. The maximum absolute atomic E-state index is 13.7. The maximum Gasteiger partial charge on any atom is 0.271 e. The number of nitrogens with zero attached hydrogens (tertiary/aromatic N) is 2. The number of aliphatic imine (C=N–C) groups is 1. The lowest BCUT2D eigenvalue weighted by Gasteiger charge is -2.16. The molecule has 1 saturated heterocycles. The van der Waals surface area contributed by atoms with Crippen molar-refractivity contribution in [1.82, 2.24) is 0 Å². The highest BCUT2D eigenvalue weighted by molar-refractivity contribution is 8.19. The third-order valence-corrected chi connectivity index (χ3v) is 7.41. The zero-order valence-corrected chi connectivity index (χ0v) is 24.0. The molecule has 5 nitrogen and oxygen atoms in total. The van der Waals surface area contributed by atoms with Gasteiger partial charge in [0.15, 0.2) is 16.7 Å². The van der Waals surface area contributed by atoms with Crippen LogP contribution in [0.25, 0.3) is 6.08 Å². The Hall–Kier alpha value is -4.29. The molecule has 1 amide bonds. The lowest BCUT2D eigenvalue weighted by molar-refractivity contribution is -0.113. The summed E-state index contributed by atoms with van der Waals surface area (Å²) in [6.45, 7) is 9.03. The van der Waals surface area contributed by atoms with Gasteiger partial charge in [-0.3, -0.25) is 9.69 Å². The Balaban J connectivity index is 1.44. The summed E-state index contributed by atoms with van der Waals surface area (Å²) in [5.74, 6) is 1.19. The molecule has 0 bridgehead atoms. The van der Waals surface area contributed by atoms with E-state index in [1.807, 2.05) is 93.6 Å². The number of aryl methyl sites for hydroxylation is 3. The van der Waals surface area contributed by atoms with Crippen LogP contribution in [0.3, 0.4) is 0 Å². The molecule has 40 heavy (non-hydrogen) atoms. The number of hydrogen-bond acceptors (Lipinski definition) is 5. The van der Waals surface area contributed by atoms with Crippen LogP contribution in [0.4, 0.5) is 11.4 Å². The second kappa shape index (κ2) is 12.3. The molecule has 0 spiro atoms. The number of carbonyl (C=O) groups excluding carboxylic acids is 1. The summed E-state index contributed by atoms with van der Waals surface area (Å²) in [7, 11) is 0. The minimum Gasteiger partial charge on any atom is -0.490 e. The molecular formula is C34H32N2O3S. The van der Waals surface area contributed by atoms with Crippen molar-refractivity contribution >= 4 is 40.3 Å². The van der Waals surface area contributed by atoms with Gasteiger partial charge in [0.05, 0.1) is 22.9 Å². The van der Waals surface area contributed by atoms with Gasteiger partial charge in [0.1, 0.15) is 6.61 Å². The lowest BCUT2D eigenvalue weighted by Crippen LogP contribution is -2.28. The highest BCUT2D eigenvalue weighted by Crippen LogP contribution is 2.38. The fraction of sp³-hybridized carbons (Fsp3) is 0.176. The molecule has 0 radical (unpaired) electrons. The Morgan fingerprint density at radius 3 is 2.05 bits per heavy atom. The fourth-order valence-electron chi connectivity index (χ4n) is 4.20.